The predicted molar refractivity (Wildman–Crippen MR) is 112 cm³/mol. The molecule has 26 heavy (non-hydrogen) atoms. The quantitative estimate of drug-likeness (QED) is 0.523. The van der Waals surface area contributed by atoms with Crippen molar-refractivity contribution in [1.29, 1.82) is 0 Å². The highest BCUT2D eigenvalue weighted by Crippen LogP contribution is 2.58. The van der Waals surface area contributed by atoms with Crippen molar-refractivity contribution in [3.05, 3.63) is 119 Å². The maximum absolute atomic E-state index is 4.02. The molecule has 0 nitrogen and oxygen atoms in total. The molecule has 0 amide bonds. The largest absolute Gasteiger partial charge is 0.0991 e. The number of fused-ring (bicyclic) bond motifs is 1. The van der Waals surface area contributed by atoms with E-state index >= 15 is 0 Å². The van der Waals surface area contributed by atoms with E-state index in [1.54, 1.807) is 11.1 Å². The van der Waals surface area contributed by atoms with E-state index in [1.807, 2.05) is 6.08 Å². The van der Waals surface area contributed by atoms with Gasteiger partial charge in [-0.3, -0.25) is 0 Å². The fourth-order valence-corrected chi connectivity index (χ4v) is 4.96. The highest BCUT2D eigenvalue weighted by molar-refractivity contribution is 5.74. The molecule has 3 aliphatic carbocycles. The number of hydrogen-bond acceptors (Lipinski definition) is 0. The number of rotatable bonds is 4. The zero-order valence-corrected chi connectivity index (χ0v) is 15.5. The van der Waals surface area contributed by atoms with E-state index in [9.17, 15) is 0 Å². The third-order valence-corrected chi connectivity index (χ3v) is 5.82. The molecule has 0 unspecified atom stereocenters. The Labute approximate surface area is 157 Å². The van der Waals surface area contributed by atoms with Gasteiger partial charge in [0.25, 0.3) is 0 Å². The van der Waals surface area contributed by atoms with Crippen LogP contribution in [0, 0.1) is 0 Å². The van der Waals surface area contributed by atoms with Gasteiger partial charge in [0.15, 0.2) is 0 Å². The third-order valence-electron chi connectivity index (χ3n) is 5.82. The summed E-state index contributed by atoms with van der Waals surface area (Å²) in [6, 6.07) is 11.1. The second-order valence-corrected chi connectivity index (χ2v) is 7.14. The first-order valence-corrected chi connectivity index (χ1v) is 9.66. The van der Waals surface area contributed by atoms with Crippen molar-refractivity contribution in [2.24, 2.45) is 0 Å². The van der Waals surface area contributed by atoms with Gasteiger partial charge in [0.05, 0.1) is 5.41 Å². The fourth-order valence-electron chi connectivity index (χ4n) is 4.96. The van der Waals surface area contributed by atoms with Gasteiger partial charge in [-0.1, -0.05) is 85.5 Å². The summed E-state index contributed by atoms with van der Waals surface area (Å²) >= 11 is 0. The molecule has 0 spiro atoms. The summed E-state index contributed by atoms with van der Waals surface area (Å²) in [5.41, 5.74) is 8.60. The Morgan fingerprint density at radius 1 is 0.962 bits per heavy atom. The van der Waals surface area contributed by atoms with E-state index in [4.69, 9.17) is 0 Å². The molecule has 0 aliphatic heterocycles. The zero-order chi connectivity index (χ0) is 18.0. The van der Waals surface area contributed by atoms with Crippen LogP contribution in [0.2, 0.25) is 0 Å². The Morgan fingerprint density at radius 3 is 2.12 bits per heavy atom. The van der Waals surface area contributed by atoms with Crippen LogP contribution in [0.1, 0.15) is 38.2 Å². The highest BCUT2D eigenvalue weighted by atomic mass is 14.5. The molecule has 1 aromatic rings. The van der Waals surface area contributed by atoms with E-state index in [0.717, 1.165) is 25.7 Å². The van der Waals surface area contributed by atoms with Gasteiger partial charge in [0, 0.05) is 0 Å². The summed E-state index contributed by atoms with van der Waals surface area (Å²) in [5.74, 6) is 0. The normalized spacial score (nSPS) is 21.3. The molecule has 4 rings (SSSR count). The van der Waals surface area contributed by atoms with E-state index in [1.165, 1.54) is 22.3 Å². The minimum Gasteiger partial charge on any atom is -0.0991 e. The smallest absolute Gasteiger partial charge is 0.0639 e. The summed E-state index contributed by atoms with van der Waals surface area (Å²) in [5, 5.41) is 0. The summed E-state index contributed by atoms with van der Waals surface area (Å²) in [6.45, 7) is 6.12. The lowest BCUT2D eigenvalue weighted by Crippen LogP contribution is -2.32. The zero-order valence-electron chi connectivity index (χ0n) is 15.5. The molecular formula is C26H26. The molecule has 0 saturated carbocycles. The van der Waals surface area contributed by atoms with Crippen molar-refractivity contribution in [3.63, 3.8) is 0 Å². The molecule has 0 fully saturated rings. The molecule has 0 heteroatoms. The van der Waals surface area contributed by atoms with Gasteiger partial charge in [-0.2, -0.15) is 0 Å². The molecule has 0 heterocycles. The Morgan fingerprint density at radius 2 is 1.58 bits per heavy atom. The van der Waals surface area contributed by atoms with Gasteiger partial charge in [-0.25, -0.2) is 0 Å². The first-order chi connectivity index (χ1) is 12.8. The molecule has 3 aliphatic rings. The summed E-state index contributed by atoms with van der Waals surface area (Å²) in [4.78, 5) is 0. The van der Waals surface area contributed by atoms with Gasteiger partial charge in [0.2, 0.25) is 0 Å². The topological polar surface area (TPSA) is 0 Å². The van der Waals surface area contributed by atoms with E-state index in [0.29, 0.717) is 0 Å². The second-order valence-electron chi connectivity index (χ2n) is 7.14. The highest BCUT2D eigenvalue weighted by Gasteiger charge is 2.48. The van der Waals surface area contributed by atoms with Gasteiger partial charge in [0.1, 0.15) is 0 Å². The van der Waals surface area contributed by atoms with Gasteiger partial charge < -0.3 is 0 Å². The standard InChI is InChI=1S/C26H26/c1-3-12-20(13-4-2)26(21-14-6-5-7-15-21)24-18-10-8-16-22(24)23-17-9-11-19-25(23)26/h3-9,12-17H,1,10-11,18-19H2,2H3/b13-4-,20-12+. The number of hydrogen-bond donors (Lipinski definition) is 0. The molecule has 1 aromatic carbocycles. The fraction of sp³-hybridized carbons (Fsp3) is 0.231. The van der Waals surface area contributed by atoms with Crippen LogP contribution in [-0.2, 0) is 5.41 Å². The lowest BCUT2D eigenvalue weighted by atomic mass is 9.63. The lowest BCUT2D eigenvalue weighted by molar-refractivity contribution is 0.641. The maximum atomic E-state index is 4.02. The van der Waals surface area contributed by atoms with Crippen LogP contribution in [0.25, 0.3) is 0 Å². The third kappa shape index (κ3) is 2.36. The van der Waals surface area contributed by atoms with Gasteiger partial charge in [-0.15, -0.1) is 0 Å². The van der Waals surface area contributed by atoms with Crippen molar-refractivity contribution in [1.82, 2.24) is 0 Å². The van der Waals surface area contributed by atoms with E-state index in [-0.39, 0.29) is 5.41 Å². The first kappa shape index (κ1) is 16.8. The lowest BCUT2D eigenvalue weighted by Gasteiger charge is -2.39. The monoisotopic (exact) mass is 338 g/mol. The van der Waals surface area contributed by atoms with Crippen LogP contribution in [0.4, 0.5) is 0 Å². The Balaban J connectivity index is 2.11. The van der Waals surface area contributed by atoms with Crippen LogP contribution in [0.3, 0.4) is 0 Å². The Hall–Kier alpha value is -2.60. The average Bonchev–Trinajstić information content (AvgIpc) is 3.00. The molecule has 0 atom stereocenters. The summed E-state index contributed by atoms with van der Waals surface area (Å²) < 4.78 is 0. The summed E-state index contributed by atoms with van der Waals surface area (Å²) in [6.07, 6.45) is 22.5. The average molecular weight is 338 g/mol. The van der Waals surface area contributed by atoms with Crippen molar-refractivity contribution >= 4 is 0 Å². The predicted octanol–water partition coefficient (Wildman–Crippen LogP) is 6.92. The van der Waals surface area contributed by atoms with Gasteiger partial charge in [-0.05, 0) is 66.0 Å². The van der Waals surface area contributed by atoms with Crippen molar-refractivity contribution < 1.29 is 0 Å². The van der Waals surface area contributed by atoms with Crippen LogP contribution in [-0.4, -0.2) is 0 Å². The summed E-state index contributed by atoms with van der Waals surface area (Å²) in [7, 11) is 0. The SMILES string of the molecule is C=C/C=C(\C=C/C)C1(c2ccccc2)C2=C(C=CCC2)C2=C1CCC=C2. The minimum atomic E-state index is -0.151. The molecule has 0 saturated heterocycles. The van der Waals surface area contributed by atoms with E-state index in [2.05, 4.69) is 86.4 Å². The maximum Gasteiger partial charge on any atom is 0.0639 e. The number of benzene rings is 1. The van der Waals surface area contributed by atoms with Crippen LogP contribution in [0.15, 0.2) is 113 Å². The minimum absolute atomic E-state index is 0.151. The van der Waals surface area contributed by atoms with Crippen molar-refractivity contribution in [2.75, 3.05) is 0 Å². The molecule has 0 aromatic heterocycles. The Kier molecular flexibility index (Phi) is 4.51. The Bertz CT molecular complexity index is 857. The molecular weight excluding hydrogens is 312 g/mol. The number of allylic oxidation sites excluding steroid dienone is 13. The van der Waals surface area contributed by atoms with Gasteiger partial charge >= 0.3 is 0 Å². The van der Waals surface area contributed by atoms with Crippen molar-refractivity contribution in [3.8, 4) is 0 Å². The van der Waals surface area contributed by atoms with Crippen LogP contribution < -0.4 is 0 Å². The molecule has 0 radical (unpaired) electrons. The van der Waals surface area contributed by atoms with Crippen LogP contribution >= 0.6 is 0 Å². The molecule has 130 valence electrons. The second kappa shape index (κ2) is 6.96. The van der Waals surface area contributed by atoms with E-state index < -0.39 is 0 Å². The molecule has 0 bridgehead atoms. The molecule has 0 N–H and O–H groups in total. The van der Waals surface area contributed by atoms with Crippen LogP contribution in [0.5, 0.6) is 0 Å². The first-order valence-electron chi connectivity index (χ1n) is 9.66. The van der Waals surface area contributed by atoms with Crippen molar-refractivity contribution in [2.45, 2.75) is 38.0 Å².